The number of amides is 1. The van der Waals surface area contributed by atoms with Crippen LogP contribution in [0.4, 0.5) is 0 Å². The molecule has 3 nitrogen and oxygen atoms in total. The van der Waals surface area contributed by atoms with E-state index in [-0.39, 0.29) is 33.3 Å². The molecule has 0 saturated carbocycles. The molecule has 2 rings (SSSR count). The van der Waals surface area contributed by atoms with Gasteiger partial charge in [-0.05, 0) is 6.07 Å². The van der Waals surface area contributed by atoms with Crippen LogP contribution in [-0.4, -0.2) is 22.5 Å². The first-order valence-electron chi connectivity index (χ1n) is 4.81. The van der Waals surface area contributed by atoms with Gasteiger partial charge in [-0.25, -0.2) is 0 Å². The minimum Gasteiger partial charge on any atom is -0.506 e. The maximum absolute atomic E-state index is 11.4. The summed E-state index contributed by atoms with van der Waals surface area (Å²) in [5, 5.41) is 10.4. The lowest BCUT2D eigenvalue weighted by molar-refractivity contribution is -0.125. The number of nitrogens with zero attached hydrogens (tertiary/aromatic N) is 1. The van der Waals surface area contributed by atoms with E-state index in [0.717, 1.165) is 0 Å². The molecule has 0 atom stereocenters. The molecule has 0 fully saturated rings. The molecule has 1 N–H and O–H groups in total. The largest absolute Gasteiger partial charge is 0.506 e. The van der Waals surface area contributed by atoms with Gasteiger partial charge in [0.05, 0.1) is 21.6 Å². The van der Waals surface area contributed by atoms with Gasteiger partial charge in [0.15, 0.2) is 0 Å². The highest BCUT2D eigenvalue weighted by atomic mass is 35.5. The molecule has 17 heavy (non-hydrogen) atoms. The number of hydrogen-bond donors (Lipinski definition) is 1. The average Bonchev–Trinajstić information content (AvgIpc) is 2.68. The highest BCUT2D eigenvalue weighted by Gasteiger charge is 2.21. The van der Waals surface area contributed by atoms with Crippen LogP contribution in [-0.2, 0) is 11.3 Å². The van der Waals surface area contributed by atoms with Crippen LogP contribution in [0.5, 0.6) is 5.75 Å². The van der Waals surface area contributed by atoms with Crippen LogP contribution in [0.3, 0.4) is 0 Å². The average molecular weight is 293 g/mol. The topological polar surface area (TPSA) is 40.5 Å². The Bertz CT molecular complexity index is 488. The maximum Gasteiger partial charge on any atom is 0.246 e. The number of halogens is 3. The van der Waals surface area contributed by atoms with E-state index in [1.807, 2.05) is 0 Å². The second kappa shape index (κ2) is 4.77. The summed E-state index contributed by atoms with van der Waals surface area (Å²) in [7, 11) is 0. The number of phenols is 1. The predicted molar refractivity (Wildman–Crippen MR) is 67.7 cm³/mol. The first-order chi connectivity index (χ1) is 8.00. The molecule has 0 aliphatic carbocycles. The zero-order chi connectivity index (χ0) is 12.6. The summed E-state index contributed by atoms with van der Waals surface area (Å²) in [5.41, 5.74) is 0.362. The molecule has 0 unspecified atom stereocenters. The molecule has 1 aliphatic rings. The second-order valence-electron chi connectivity index (χ2n) is 3.60. The smallest absolute Gasteiger partial charge is 0.246 e. The third-order valence-electron chi connectivity index (χ3n) is 2.49. The monoisotopic (exact) mass is 291 g/mol. The lowest BCUT2D eigenvalue weighted by Gasteiger charge is -2.18. The fraction of sp³-hybridized carbons (Fsp3) is 0.182. The number of hydrogen-bond acceptors (Lipinski definition) is 2. The minimum absolute atomic E-state index is 0.119. The van der Waals surface area contributed by atoms with E-state index < -0.39 is 0 Å². The minimum atomic E-state index is -0.138. The molecule has 0 spiro atoms. The second-order valence-corrected chi connectivity index (χ2v) is 4.79. The zero-order valence-corrected chi connectivity index (χ0v) is 10.9. The summed E-state index contributed by atoms with van der Waals surface area (Å²) in [4.78, 5) is 12.9. The molecule has 1 amide bonds. The van der Waals surface area contributed by atoms with Crippen LogP contribution in [0, 0.1) is 0 Å². The SMILES string of the molecule is O=C1C=CCN1Cc1c(O)c(Cl)cc(Cl)c1Cl. The summed E-state index contributed by atoms with van der Waals surface area (Å²) in [5.74, 6) is -0.266. The molecule has 1 aromatic carbocycles. The van der Waals surface area contributed by atoms with Crippen molar-refractivity contribution in [3.8, 4) is 5.75 Å². The van der Waals surface area contributed by atoms with Crippen molar-refractivity contribution in [2.45, 2.75) is 6.54 Å². The Morgan fingerprint density at radius 3 is 2.59 bits per heavy atom. The van der Waals surface area contributed by atoms with Gasteiger partial charge in [-0.2, -0.15) is 0 Å². The Hall–Kier alpha value is -0.900. The summed E-state index contributed by atoms with van der Waals surface area (Å²) in [6, 6.07) is 1.37. The maximum atomic E-state index is 11.4. The van der Waals surface area contributed by atoms with Gasteiger partial charge in [0.2, 0.25) is 5.91 Å². The van der Waals surface area contributed by atoms with Gasteiger partial charge in [-0.3, -0.25) is 4.79 Å². The van der Waals surface area contributed by atoms with Crippen molar-refractivity contribution in [2.75, 3.05) is 6.54 Å². The van der Waals surface area contributed by atoms with Crippen molar-refractivity contribution in [1.82, 2.24) is 4.90 Å². The van der Waals surface area contributed by atoms with E-state index in [0.29, 0.717) is 12.1 Å². The Kier molecular flexibility index (Phi) is 3.52. The molecule has 1 heterocycles. The van der Waals surface area contributed by atoms with E-state index in [9.17, 15) is 9.90 Å². The number of carbonyl (C=O) groups excluding carboxylic acids is 1. The zero-order valence-electron chi connectivity index (χ0n) is 8.58. The lowest BCUT2D eigenvalue weighted by atomic mass is 10.2. The molecular weight excluding hydrogens is 284 g/mol. The van der Waals surface area contributed by atoms with E-state index in [2.05, 4.69) is 0 Å². The summed E-state index contributed by atoms with van der Waals surface area (Å²) < 4.78 is 0. The van der Waals surface area contributed by atoms with E-state index in [4.69, 9.17) is 34.8 Å². The Labute approximate surface area is 113 Å². The molecule has 0 aromatic heterocycles. The molecule has 90 valence electrons. The predicted octanol–water partition coefficient (Wildman–Crippen LogP) is 3.25. The highest BCUT2D eigenvalue weighted by molar-refractivity contribution is 6.44. The van der Waals surface area contributed by atoms with Gasteiger partial charge in [-0.15, -0.1) is 0 Å². The molecule has 0 radical (unpaired) electrons. The normalized spacial score (nSPS) is 14.8. The van der Waals surface area contributed by atoms with Crippen LogP contribution in [0.15, 0.2) is 18.2 Å². The van der Waals surface area contributed by atoms with Crippen molar-refractivity contribution in [1.29, 1.82) is 0 Å². The number of phenolic OH excluding ortho intramolecular Hbond substituents is 1. The fourth-order valence-electron chi connectivity index (χ4n) is 1.59. The third-order valence-corrected chi connectivity index (χ3v) is 3.60. The van der Waals surface area contributed by atoms with E-state index in [1.54, 1.807) is 6.08 Å². The highest BCUT2D eigenvalue weighted by Crippen LogP contribution is 2.39. The molecule has 6 heteroatoms. The summed E-state index contributed by atoms with van der Waals surface area (Å²) >= 11 is 17.7. The molecular formula is C11H8Cl3NO2. The van der Waals surface area contributed by atoms with Gasteiger partial charge in [0.25, 0.3) is 0 Å². The molecule has 1 aromatic rings. The van der Waals surface area contributed by atoms with Gasteiger partial charge in [0, 0.05) is 18.2 Å². The molecule has 0 bridgehead atoms. The van der Waals surface area contributed by atoms with Crippen molar-refractivity contribution in [3.63, 3.8) is 0 Å². The van der Waals surface area contributed by atoms with Crippen molar-refractivity contribution < 1.29 is 9.90 Å². The standard InChI is InChI=1S/C11H8Cl3NO2/c12-7-4-8(13)11(17)6(10(7)14)5-15-3-1-2-9(15)16/h1-2,4,17H,3,5H2. The number of rotatable bonds is 2. The van der Waals surface area contributed by atoms with Crippen molar-refractivity contribution >= 4 is 40.7 Å². The first-order valence-corrected chi connectivity index (χ1v) is 5.95. The Morgan fingerprint density at radius 1 is 1.29 bits per heavy atom. The van der Waals surface area contributed by atoms with Crippen molar-refractivity contribution in [2.24, 2.45) is 0 Å². The summed E-state index contributed by atoms with van der Waals surface area (Å²) in [6.45, 7) is 0.662. The van der Waals surface area contributed by atoms with E-state index in [1.165, 1.54) is 17.0 Å². The van der Waals surface area contributed by atoms with Gasteiger partial charge in [-0.1, -0.05) is 40.9 Å². The van der Waals surface area contributed by atoms with Gasteiger partial charge >= 0.3 is 0 Å². The van der Waals surface area contributed by atoms with Crippen LogP contribution in [0.2, 0.25) is 15.1 Å². The molecule has 1 aliphatic heterocycles. The van der Waals surface area contributed by atoms with Gasteiger partial charge < -0.3 is 10.0 Å². The van der Waals surface area contributed by atoms with Crippen LogP contribution in [0.25, 0.3) is 0 Å². The fourth-order valence-corrected chi connectivity index (χ4v) is 2.29. The number of benzene rings is 1. The van der Waals surface area contributed by atoms with Crippen LogP contribution in [0.1, 0.15) is 5.56 Å². The lowest BCUT2D eigenvalue weighted by Crippen LogP contribution is -2.24. The Balaban J connectivity index is 2.35. The Morgan fingerprint density at radius 2 is 2.00 bits per heavy atom. The van der Waals surface area contributed by atoms with Crippen molar-refractivity contribution in [3.05, 3.63) is 38.8 Å². The number of carbonyl (C=O) groups is 1. The quantitative estimate of drug-likeness (QED) is 0.850. The van der Waals surface area contributed by atoms with Crippen LogP contribution < -0.4 is 0 Å². The first kappa shape index (κ1) is 12.6. The molecule has 0 saturated heterocycles. The number of aromatic hydroxyl groups is 1. The van der Waals surface area contributed by atoms with Gasteiger partial charge in [0.1, 0.15) is 5.75 Å². The third kappa shape index (κ3) is 2.37. The summed E-state index contributed by atoms with van der Waals surface area (Å²) in [6.07, 6.45) is 3.20. The van der Waals surface area contributed by atoms with Crippen LogP contribution >= 0.6 is 34.8 Å². The van der Waals surface area contributed by atoms with E-state index >= 15 is 0 Å².